The van der Waals surface area contributed by atoms with Crippen LogP contribution in [-0.2, 0) is 26.0 Å². The number of ether oxygens (including phenoxy) is 1. The number of fused-ring (bicyclic) bond motifs is 2. The molecule has 0 unspecified atom stereocenters. The van der Waals surface area contributed by atoms with E-state index in [0.29, 0.717) is 31.8 Å². The van der Waals surface area contributed by atoms with E-state index < -0.39 is 22.2 Å². The van der Waals surface area contributed by atoms with Gasteiger partial charge in [0.05, 0.1) is 11.8 Å². The van der Waals surface area contributed by atoms with Gasteiger partial charge in [0.1, 0.15) is 17.0 Å². The van der Waals surface area contributed by atoms with Crippen molar-refractivity contribution in [1.82, 2.24) is 9.62 Å². The Kier molecular flexibility index (Phi) is 5.93. The van der Waals surface area contributed by atoms with Gasteiger partial charge in [-0.1, -0.05) is 36.4 Å². The number of carbonyl (C=O) groups excluding carboxylic acids is 1. The van der Waals surface area contributed by atoms with Gasteiger partial charge < -0.3 is 10.1 Å². The third-order valence-electron chi connectivity index (χ3n) is 6.51. The van der Waals surface area contributed by atoms with Crippen molar-refractivity contribution in [2.75, 3.05) is 37.7 Å². The number of nitrogens with zero attached hydrogens (tertiary/aromatic N) is 3. The van der Waals surface area contributed by atoms with Crippen molar-refractivity contribution in [3.63, 3.8) is 0 Å². The SMILES string of the molecule is N#C[C@@H]1Cc2c(-c3ccccc3)ccc(c2S(=O)(=O)N2CCC2)N1C(=O)[C@@H]1CNCCCO1. The van der Waals surface area contributed by atoms with E-state index in [4.69, 9.17) is 4.74 Å². The summed E-state index contributed by atoms with van der Waals surface area (Å²) in [5, 5.41) is 13.2. The number of nitriles is 1. The minimum Gasteiger partial charge on any atom is -0.367 e. The highest BCUT2D eigenvalue weighted by Gasteiger charge is 2.44. The first-order valence-electron chi connectivity index (χ1n) is 11.3. The van der Waals surface area contributed by atoms with E-state index in [1.807, 2.05) is 36.4 Å². The van der Waals surface area contributed by atoms with Crippen LogP contribution < -0.4 is 10.2 Å². The maximum Gasteiger partial charge on any atom is 0.258 e. The van der Waals surface area contributed by atoms with E-state index >= 15 is 0 Å². The molecule has 0 aliphatic carbocycles. The molecule has 2 bridgehead atoms. The normalized spacial score (nSPS) is 23.3. The molecule has 172 valence electrons. The van der Waals surface area contributed by atoms with E-state index in [-0.39, 0.29) is 22.9 Å². The van der Waals surface area contributed by atoms with Gasteiger partial charge in [-0.2, -0.15) is 9.57 Å². The van der Waals surface area contributed by atoms with Crippen LogP contribution in [0.5, 0.6) is 0 Å². The van der Waals surface area contributed by atoms with Crippen LogP contribution >= 0.6 is 0 Å². The van der Waals surface area contributed by atoms with Crippen LogP contribution in [0.15, 0.2) is 47.4 Å². The van der Waals surface area contributed by atoms with Crippen LogP contribution in [0.2, 0.25) is 0 Å². The van der Waals surface area contributed by atoms with E-state index in [0.717, 1.165) is 30.5 Å². The first kappa shape index (κ1) is 22.0. The molecule has 2 atom stereocenters. The maximum atomic E-state index is 13.7. The molecule has 3 aliphatic heterocycles. The minimum atomic E-state index is -3.82. The lowest BCUT2D eigenvalue weighted by Crippen LogP contribution is -2.52. The molecule has 2 saturated heterocycles. The minimum absolute atomic E-state index is 0.142. The van der Waals surface area contributed by atoms with Crippen molar-refractivity contribution in [2.24, 2.45) is 0 Å². The van der Waals surface area contributed by atoms with Crippen LogP contribution in [0.4, 0.5) is 5.69 Å². The highest BCUT2D eigenvalue weighted by molar-refractivity contribution is 7.89. The van der Waals surface area contributed by atoms with Gasteiger partial charge in [-0.3, -0.25) is 9.69 Å². The molecule has 0 saturated carbocycles. The zero-order chi connectivity index (χ0) is 23.0. The predicted octanol–water partition coefficient (Wildman–Crippen LogP) is 1.91. The quantitative estimate of drug-likeness (QED) is 0.739. The Bertz CT molecular complexity index is 1200. The molecule has 0 radical (unpaired) electrons. The third kappa shape index (κ3) is 3.83. The van der Waals surface area contributed by atoms with Gasteiger partial charge >= 0.3 is 0 Å². The van der Waals surface area contributed by atoms with Crippen LogP contribution in [0.25, 0.3) is 11.1 Å². The molecular formula is C24H26N4O4S. The summed E-state index contributed by atoms with van der Waals surface area (Å²) < 4.78 is 34.6. The predicted molar refractivity (Wildman–Crippen MR) is 123 cm³/mol. The number of rotatable bonds is 4. The maximum absolute atomic E-state index is 13.7. The molecule has 2 aromatic rings. The van der Waals surface area contributed by atoms with Crippen molar-refractivity contribution in [1.29, 1.82) is 5.26 Å². The molecule has 3 heterocycles. The molecule has 0 aromatic heterocycles. The highest BCUT2D eigenvalue weighted by atomic mass is 32.2. The van der Waals surface area contributed by atoms with Crippen molar-refractivity contribution in [3.05, 3.63) is 48.0 Å². The Labute approximate surface area is 193 Å². The van der Waals surface area contributed by atoms with Crippen LogP contribution in [0.3, 0.4) is 0 Å². The molecule has 1 N–H and O–H groups in total. The Balaban J connectivity index is 1.67. The number of hydrogen-bond donors (Lipinski definition) is 1. The molecule has 8 nitrogen and oxygen atoms in total. The summed E-state index contributed by atoms with van der Waals surface area (Å²) in [7, 11) is -3.82. The van der Waals surface area contributed by atoms with Crippen LogP contribution in [0, 0.1) is 11.3 Å². The number of nitrogens with one attached hydrogen (secondary N) is 1. The molecule has 33 heavy (non-hydrogen) atoms. The molecular weight excluding hydrogens is 440 g/mol. The van der Waals surface area contributed by atoms with Gasteiger partial charge in [0.2, 0.25) is 10.0 Å². The second kappa shape index (κ2) is 8.88. The number of amides is 1. The number of sulfonamides is 1. The molecule has 1 amide bonds. The fourth-order valence-corrected chi connectivity index (χ4v) is 6.63. The lowest BCUT2D eigenvalue weighted by atomic mass is 9.90. The fourth-order valence-electron chi connectivity index (χ4n) is 4.70. The number of benzene rings is 2. The zero-order valence-electron chi connectivity index (χ0n) is 18.2. The molecule has 0 spiro atoms. The summed E-state index contributed by atoms with van der Waals surface area (Å²) in [4.78, 5) is 15.1. The van der Waals surface area contributed by atoms with E-state index in [2.05, 4.69) is 11.4 Å². The van der Waals surface area contributed by atoms with Crippen LogP contribution in [0.1, 0.15) is 18.4 Å². The van der Waals surface area contributed by atoms with E-state index in [1.54, 1.807) is 6.07 Å². The van der Waals surface area contributed by atoms with Crippen molar-refractivity contribution in [2.45, 2.75) is 36.3 Å². The summed E-state index contributed by atoms with van der Waals surface area (Å²) in [6.07, 6.45) is 0.977. The average molecular weight is 467 g/mol. The van der Waals surface area contributed by atoms with E-state index in [9.17, 15) is 18.5 Å². The van der Waals surface area contributed by atoms with Gasteiger partial charge in [0.25, 0.3) is 5.91 Å². The molecule has 3 aliphatic rings. The Morgan fingerprint density at radius 1 is 1.12 bits per heavy atom. The Hall–Kier alpha value is -2.77. The summed E-state index contributed by atoms with van der Waals surface area (Å²) >= 11 is 0. The summed E-state index contributed by atoms with van der Waals surface area (Å²) in [6, 6.07) is 14.5. The van der Waals surface area contributed by atoms with Gasteiger partial charge in [-0.15, -0.1) is 0 Å². The molecule has 5 rings (SSSR count). The summed E-state index contributed by atoms with van der Waals surface area (Å²) in [5.74, 6) is -0.380. The zero-order valence-corrected chi connectivity index (χ0v) is 19.1. The van der Waals surface area contributed by atoms with Gasteiger partial charge in [0, 0.05) is 32.7 Å². The molecule has 2 aromatic carbocycles. The fraction of sp³-hybridized carbons (Fsp3) is 0.417. The topological polar surface area (TPSA) is 103 Å². The largest absolute Gasteiger partial charge is 0.367 e. The van der Waals surface area contributed by atoms with E-state index in [1.165, 1.54) is 9.21 Å². The molecule has 2 fully saturated rings. The van der Waals surface area contributed by atoms with Crippen molar-refractivity contribution in [3.8, 4) is 17.2 Å². The Morgan fingerprint density at radius 3 is 2.61 bits per heavy atom. The smallest absolute Gasteiger partial charge is 0.258 e. The second-order valence-electron chi connectivity index (χ2n) is 8.54. The van der Waals surface area contributed by atoms with Crippen molar-refractivity contribution < 1.29 is 17.9 Å². The first-order valence-corrected chi connectivity index (χ1v) is 12.7. The molecule has 9 heteroatoms. The van der Waals surface area contributed by atoms with Crippen LogP contribution in [-0.4, -0.2) is 63.6 Å². The Morgan fingerprint density at radius 2 is 1.91 bits per heavy atom. The van der Waals surface area contributed by atoms with Gasteiger partial charge in [-0.05, 0) is 42.1 Å². The number of hydrogen-bond acceptors (Lipinski definition) is 6. The first-order chi connectivity index (χ1) is 16.0. The summed E-state index contributed by atoms with van der Waals surface area (Å²) in [6.45, 7) is 2.43. The number of anilines is 1. The van der Waals surface area contributed by atoms with Gasteiger partial charge in [-0.25, -0.2) is 8.42 Å². The average Bonchev–Trinajstić information content (AvgIpc) is 3.07. The monoisotopic (exact) mass is 466 g/mol. The standard InChI is InChI=1S/C24H26N4O4S/c25-15-18-14-20-19(17-6-2-1-3-7-17)8-9-21(23(20)33(30,31)27-11-5-12-27)28(18)24(29)22-16-26-10-4-13-32-22/h1-3,6-9,18,22,26H,4-5,10-14,16H2/t18-,22-/m0/s1. The lowest BCUT2D eigenvalue weighted by molar-refractivity contribution is -0.129. The van der Waals surface area contributed by atoms with Crippen molar-refractivity contribution >= 4 is 21.6 Å². The second-order valence-corrected chi connectivity index (χ2v) is 10.4. The highest BCUT2D eigenvalue weighted by Crippen LogP contribution is 2.43. The van der Waals surface area contributed by atoms with Gasteiger partial charge in [0.15, 0.2) is 0 Å². The lowest BCUT2D eigenvalue weighted by Gasteiger charge is -2.39. The summed E-state index contributed by atoms with van der Waals surface area (Å²) in [5.41, 5.74) is 2.53. The number of carbonyl (C=O) groups is 1. The third-order valence-corrected chi connectivity index (χ3v) is 8.53.